The zero-order valence-corrected chi connectivity index (χ0v) is 14.0. The Morgan fingerprint density at radius 3 is 2.76 bits per heavy atom. The van der Waals surface area contributed by atoms with Crippen LogP contribution in [0.15, 0.2) is 48.5 Å². The van der Waals surface area contributed by atoms with Crippen molar-refractivity contribution in [2.24, 2.45) is 0 Å². The molecule has 5 heteroatoms. The van der Waals surface area contributed by atoms with Crippen molar-refractivity contribution in [1.82, 2.24) is 4.90 Å². The number of rotatable bonds is 5. The van der Waals surface area contributed by atoms with Crippen molar-refractivity contribution in [3.05, 3.63) is 70.8 Å². The van der Waals surface area contributed by atoms with Crippen molar-refractivity contribution < 1.29 is 17.9 Å². The van der Waals surface area contributed by atoms with Gasteiger partial charge in [-0.05, 0) is 35.9 Å². The zero-order chi connectivity index (χ0) is 17.9. The van der Waals surface area contributed by atoms with Crippen molar-refractivity contribution in [2.75, 3.05) is 20.2 Å². The molecule has 1 aliphatic heterocycles. The van der Waals surface area contributed by atoms with E-state index in [-0.39, 0.29) is 5.56 Å². The number of benzene rings is 2. The van der Waals surface area contributed by atoms with Gasteiger partial charge in [-0.3, -0.25) is 4.90 Å². The van der Waals surface area contributed by atoms with E-state index < -0.39 is 11.7 Å². The van der Waals surface area contributed by atoms with Gasteiger partial charge in [0.2, 0.25) is 0 Å². The summed E-state index contributed by atoms with van der Waals surface area (Å²) in [5.74, 6) is 0.954. The van der Waals surface area contributed by atoms with Crippen LogP contribution in [-0.2, 0) is 19.1 Å². The molecule has 0 fully saturated rings. The summed E-state index contributed by atoms with van der Waals surface area (Å²) >= 11 is 0. The van der Waals surface area contributed by atoms with Crippen molar-refractivity contribution >= 4 is 6.08 Å². The average Bonchev–Trinajstić information content (AvgIpc) is 3.02. The predicted molar refractivity (Wildman–Crippen MR) is 92.5 cm³/mol. The molecule has 0 saturated carbocycles. The molecule has 0 bridgehead atoms. The van der Waals surface area contributed by atoms with E-state index in [2.05, 4.69) is 11.0 Å². The highest BCUT2D eigenvalue weighted by Crippen LogP contribution is 2.32. The maximum atomic E-state index is 13.0. The van der Waals surface area contributed by atoms with Gasteiger partial charge in [-0.1, -0.05) is 42.5 Å². The highest BCUT2D eigenvalue weighted by molar-refractivity contribution is 5.54. The summed E-state index contributed by atoms with van der Waals surface area (Å²) in [7, 11) is 1.95. The van der Waals surface area contributed by atoms with Gasteiger partial charge in [0.15, 0.2) is 0 Å². The Hall–Kier alpha value is -2.27. The topological polar surface area (TPSA) is 12.5 Å². The van der Waals surface area contributed by atoms with E-state index in [1.165, 1.54) is 29.3 Å². The third kappa shape index (κ3) is 4.42. The van der Waals surface area contributed by atoms with Crippen LogP contribution in [0, 0.1) is 0 Å². The lowest BCUT2D eigenvalue weighted by Crippen LogP contribution is -2.17. The van der Waals surface area contributed by atoms with Gasteiger partial charge < -0.3 is 4.74 Å². The maximum absolute atomic E-state index is 13.0. The highest BCUT2D eigenvalue weighted by atomic mass is 19.4. The van der Waals surface area contributed by atoms with Gasteiger partial charge in [0.25, 0.3) is 0 Å². The van der Waals surface area contributed by atoms with Gasteiger partial charge in [-0.15, -0.1) is 0 Å². The van der Waals surface area contributed by atoms with E-state index >= 15 is 0 Å². The van der Waals surface area contributed by atoms with Crippen LogP contribution in [0.3, 0.4) is 0 Å². The average molecular weight is 347 g/mol. The first-order chi connectivity index (χ1) is 11.9. The standard InChI is InChI=1S/C20H20F3NO/c1-24(14-15-8-9-19-17(13-15)10-12-25-19)11-4-6-16-5-2-3-7-18(16)20(21,22)23/h2-9,13H,10-12,14H2,1H3. The van der Waals surface area contributed by atoms with E-state index in [1.807, 2.05) is 19.2 Å². The van der Waals surface area contributed by atoms with Crippen LogP contribution in [0.25, 0.3) is 6.08 Å². The second-order valence-electron chi connectivity index (χ2n) is 6.22. The summed E-state index contributed by atoms with van der Waals surface area (Å²) in [6.07, 6.45) is -0.1000. The Bertz CT molecular complexity index is 768. The fourth-order valence-corrected chi connectivity index (χ4v) is 2.97. The molecule has 0 aromatic heterocycles. The molecule has 1 aliphatic rings. The number of halogens is 3. The van der Waals surface area contributed by atoms with E-state index in [0.717, 1.165) is 31.4 Å². The molecular weight excluding hydrogens is 327 g/mol. The lowest BCUT2D eigenvalue weighted by Gasteiger charge is -2.15. The number of likely N-dealkylation sites (N-methyl/N-ethyl adjacent to an activating group) is 1. The number of hydrogen-bond acceptors (Lipinski definition) is 2. The smallest absolute Gasteiger partial charge is 0.416 e. The van der Waals surface area contributed by atoms with Crippen LogP contribution < -0.4 is 4.74 Å². The SMILES string of the molecule is CN(CC=Cc1ccccc1C(F)(F)F)Cc1ccc2c(c1)CCO2. The van der Waals surface area contributed by atoms with Crippen molar-refractivity contribution in [1.29, 1.82) is 0 Å². The number of alkyl halides is 3. The number of fused-ring (bicyclic) bond motifs is 1. The summed E-state index contributed by atoms with van der Waals surface area (Å²) in [6, 6.07) is 11.8. The van der Waals surface area contributed by atoms with E-state index in [0.29, 0.717) is 6.54 Å². The molecule has 132 valence electrons. The molecule has 0 saturated heterocycles. The van der Waals surface area contributed by atoms with Gasteiger partial charge in [0.1, 0.15) is 5.75 Å². The number of ether oxygens (including phenoxy) is 1. The Labute approximate surface area is 145 Å². The van der Waals surface area contributed by atoms with Crippen LogP contribution in [-0.4, -0.2) is 25.1 Å². The normalized spacial score (nSPS) is 14.1. The molecule has 0 amide bonds. The largest absolute Gasteiger partial charge is 0.493 e. The molecule has 1 heterocycles. The molecule has 0 radical (unpaired) electrons. The Kier molecular flexibility index (Phi) is 5.13. The molecule has 3 rings (SSSR count). The third-order valence-corrected chi connectivity index (χ3v) is 4.19. The van der Waals surface area contributed by atoms with Crippen molar-refractivity contribution in [3.8, 4) is 5.75 Å². The molecule has 0 N–H and O–H groups in total. The van der Waals surface area contributed by atoms with E-state index in [9.17, 15) is 13.2 Å². The molecule has 0 spiro atoms. The molecule has 2 aromatic carbocycles. The molecule has 25 heavy (non-hydrogen) atoms. The van der Waals surface area contributed by atoms with Gasteiger partial charge in [0.05, 0.1) is 12.2 Å². The van der Waals surface area contributed by atoms with Gasteiger partial charge in [-0.2, -0.15) is 13.2 Å². The lowest BCUT2D eigenvalue weighted by molar-refractivity contribution is -0.137. The van der Waals surface area contributed by atoms with Crippen LogP contribution >= 0.6 is 0 Å². The minimum atomic E-state index is -4.33. The summed E-state index contributed by atoms with van der Waals surface area (Å²) in [5, 5.41) is 0. The molecule has 2 nitrogen and oxygen atoms in total. The Morgan fingerprint density at radius 1 is 1.16 bits per heavy atom. The highest BCUT2D eigenvalue weighted by Gasteiger charge is 2.32. The summed E-state index contributed by atoms with van der Waals surface area (Å²) in [6.45, 7) is 2.04. The van der Waals surface area contributed by atoms with Crippen LogP contribution in [0.5, 0.6) is 5.75 Å². The zero-order valence-electron chi connectivity index (χ0n) is 14.0. The first kappa shape index (κ1) is 17.5. The fourth-order valence-electron chi connectivity index (χ4n) is 2.97. The summed E-state index contributed by atoms with van der Waals surface area (Å²) in [4.78, 5) is 2.06. The van der Waals surface area contributed by atoms with Crippen molar-refractivity contribution in [3.63, 3.8) is 0 Å². The van der Waals surface area contributed by atoms with Crippen LogP contribution in [0.4, 0.5) is 13.2 Å². The molecule has 0 atom stereocenters. The lowest BCUT2D eigenvalue weighted by atomic mass is 10.1. The van der Waals surface area contributed by atoms with Gasteiger partial charge in [0, 0.05) is 19.5 Å². The predicted octanol–water partition coefficient (Wildman–Crippen LogP) is 4.79. The van der Waals surface area contributed by atoms with Crippen molar-refractivity contribution in [2.45, 2.75) is 19.1 Å². The molecule has 0 unspecified atom stereocenters. The molecule has 2 aromatic rings. The van der Waals surface area contributed by atoms with Gasteiger partial charge >= 0.3 is 6.18 Å². The Balaban J connectivity index is 1.61. The molecular formula is C20H20F3NO. The minimum absolute atomic E-state index is 0.193. The quantitative estimate of drug-likeness (QED) is 0.771. The Morgan fingerprint density at radius 2 is 1.96 bits per heavy atom. The maximum Gasteiger partial charge on any atom is 0.416 e. The first-order valence-electron chi connectivity index (χ1n) is 8.19. The summed E-state index contributed by atoms with van der Waals surface area (Å²) < 4.78 is 44.4. The second kappa shape index (κ2) is 7.31. The first-order valence-corrected chi connectivity index (χ1v) is 8.19. The number of hydrogen-bond donors (Lipinski definition) is 0. The monoisotopic (exact) mass is 347 g/mol. The van der Waals surface area contributed by atoms with Crippen LogP contribution in [0.1, 0.15) is 22.3 Å². The number of nitrogens with zero attached hydrogens (tertiary/aromatic N) is 1. The van der Waals surface area contributed by atoms with Gasteiger partial charge in [-0.25, -0.2) is 0 Å². The molecule has 0 aliphatic carbocycles. The van der Waals surface area contributed by atoms with E-state index in [1.54, 1.807) is 12.1 Å². The summed E-state index contributed by atoms with van der Waals surface area (Å²) in [5.41, 5.74) is 1.99. The second-order valence-corrected chi connectivity index (χ2v) is 6.22. The van der Waals surface area contributed by atoms with Crippen LogP contribution in [0.2, 0.25) is 0 Å². The third-order valence-electron chi connectivity index (χ3n) is 4.19. The minimum Gasteiger partial charge on any atom is -0.493 e. The van der Waals surface area contributed by atoms with E-state index in [4.69, 9.17) is 4.74 Å². The fraction of sp³-hybridized carbons (Fsp3) is 0.300.